The zero-order valence-electron chi connectivity index (χ0n) is 15.6. The summed E-state index contributed by atoms with van der Waals surface area (Å²) in [5.74, 6) is 0.934. The molecular formula is C18H33IN4O2. The Kier molecular flexibility index (Phi) is 7.79. The number of carbonyl (C=O) groups is 1. The van der Waals surface area contributed by atoms with Gasteiger partial charge in [0.15, 0.2) is 5.96 Å². The van der Waals surface area contributed by atoms with Crippen molar-refractivity contribution in [2.75, 3.05) is 46.9 Å². The maximum absolute atomic E-state index is 11.9. The van der Waals surface area contributed by atoms with E-state index in [0.717, 1.165) is 38.6 Å². The van der Waals surface area contributed by atoms with E-state index in [-0.39, 0.29) is 42.5 Å². The van der Waals surface area contributed by atoms with Crippen molar-refractivity contribution in [3.63, 3.8) is 0 Å². The highest BCUT2D eigenvalue weighted by Gasteiger charge is 2.43. The number of ether oxygens (including phenoxy) is 1. The second-order valence-electron chi connectivity index (χ2n) is 7.82. The molecule has 1 amide bonds. The quantitative estimate of drug-likeness (QED) is 0.394. The maximum Gasteiger partial charge on any atom is 0.243 e. The Labute approximate surface area is 168 Å². The fourth-order valence-electron chi connectivity index (χ4n) is 3.93. The van der Waals surface area contributed by atoms with Crippen LogP contribution in [0.3, 0.4) is 0 Å². The molecule has 3 fully saturated rings. The first kappa shape index (κ1) is 20.7. The minimum atomic E-state index is 0. The zero-order chi connectivity index (χ0) is 17.0. The minimum absolute atomic E-state index is 0. The third-order valence-corrected chi connectivity index (χ3v) is 5.78. The number of nitrogens with zero attached hydrogens (tertiary/aromatic N) is 3. The second-order valence-corrected chi connectivity index (χ2v) is 7.82. The van der Waals surface area contributed by atoms with Gasteiger partial charge in [-0.2, -0.15) is 0 Å². The lowest BCUT2D eigenvalue weighted by molar-refractivity contribution is -0.127. The van der Waals surface area contributed by atoms with Crippen LogP contribution in [-0.4, -0.2) is 74.7 Å². The van der Waals surface area contributed by atoms with Gasteiger partial charge in [0.2, 0.25) is 5.91 Å². The highest BCUT2D eigenvalue weighted by atomic mass is 127. The molecule has 2 aliphatic heterocycles. The summed E-state index contributed by atoms with van der Waals surface area (Å²) in [5, 5.41) is 3.49. The van der Waals surface area contributed by atoms with Crippen LogP contribution in [0.4, 0.5) is 0 Å². The van der Waals surface area contributed by atoms with E-state index in [2.05, 4.69) is 15.2 Å². The van der Waals surface area contributed by atoms with Gasteiger partial charge in [-0.25, -0.2) is 4.99 Å². The molecule has 1 atom stereocenters. The number of halogens is 1. The standard InChI is InChI=1S/C18H32N4O2.HI/c1-21(2)16(23)13-20-17(19-12-15-6-3-4-11-24-15)22-10-9-18(14-22)7-5-8-18;/h15H,3-14H2,1-2H3,(H,19,20);1H. The first-order valence-electron chi connectivity index (χ1n) is 9.43. The number of rotatable bonds is 4. The number of hydrogen-bond acceptors (Lipinski definition) is 3. The van der Waals surface area contributed by atoms with E-state index >= 15 is 0 Å². The molecule has 6 nitrogen and oxygen atoms in total. The largest absolute Gasteiger partial charge is 0.376 e. The summed E-state index contributed by atoms with van der Waals surface area (Å²) in [6.07, 6.45) is 9.11. The average Bonchev–Trinajstić information content (AvgIpc) is 3.01. The van der Waals surface area contributed by atoms with Gasteiger partial charge in [0.05, 0.1) is 6.10 Å². The first-order chi connectivity index (χ1) is 11.6. The number of carbonyl (C=O) groups excluding carboxylic acids is 1. The van der Waals surface area contributed by atoms with E-state index in [1.165, 1.54) is 38.5 Å². The lowest BCUT2D eigenvalue weighted by Gasteiger charge is -2.38. The molecule has 25 heavy (non-hydrogen) atoms. The summed E-state index contributed by atoms with van der Waals surface area (Å²) in [6.45, 7) is 4.00. The third kappa shape index (κ3) is 5.45. The van der Waals surface area contributed by atoms with Crippen molar-refractivity contribution in [1.82, 2.24) is 15.1 Å². The van der Waals surface area contributed by atoms with Gasteiger partial charge >= 0.3 is 0 Å². The lowest BCUT2D eigenvalue weighted by Crippen LogP contribution is -2.46. The van der Waals surface area contributed by atoms with E-state index in [4.69, 9.17) is 4.74 Å². The third-order valence-electron chi connectivity index (χ3n) is 5.78. The number of guanidine groups is 1. The molecule has 144 valence electrons. The molecule has 7 heteroatoms. The van der Waals surface area contributed by atoms with Crippen molar-refractivity contribution in [2.45, 2.75) is 51.0 Å². The van der Waals surface area contributed by atoms with E-state index in [1.54, 1.807) is 19.0 Å². The molecule has 1 unspecified atom stereocenters. The summed E-state index contributed by atoms with van der Waals surface area (Å²) in [4.78, 5) is 20.5. The highest BCUT2D eigenvalue weighted by Crippen LogP contribution is 2.47. The van der Waals surface area contributed by atoms with Crippen LogP contribution in [0.1, 0.15) is 44.9 Å². The van der Waals surface area contributed by atoms with Crippen molar-refractivity contribution in [2.24, 2.45) is 10.4 Å². The normalized spacial score (nSPS) is 25.3. The van der Waals surface area contributed by atoms with E-state index in [9.17, 15) is 4.79 Å². The summed E-state index contributed by atoms with van der Waals surface area (Å²) in [5.41, 5.74) is 0.523. The van der Waals surface area contributed by atoms with Gasteiger partial charge < -0.3 is 19.9 Å². The number of aliphatic imine (C=N–C) groups is 1. The highest BCUT2D eigenvalue weighted by molar-refractivity contribution is 14.0. The number of hydrogen-bond donors (Lipinski definition) is 1. The van der Waals surface area contributed by atoms with Crippen molar-refractivity contribution in [1.29, 1.82) is 0 Å². The Hall–Kier alpha value is -0.570. The molecule has 1 spiro atoms. The molecule has 0 bridgehead atoms. The van der Waals surface area contributed by atoms with E-state index in [1.807, 2.05) is 0 Å². The molecule has 0 radical (unpaired) electrons. The second kappa shape index (κ2) is 9.39. The number of likely N-dealkylation sites (N-methyl/N-ethyl adjacent to an activating group) is 1. The van der Waals surface area contributed by atoms with Gasteiger partial charge in [-0.15, -0.1) is 24.0 Å². The van der Waals surface area contributed by atoms with Crippen molar-refractivity contribution in [3.8, 4) is 0 Å². The smallest absolute Gasteiger partial charge is 0.243 e. The first-order valence-corrected chi connectivity index (χ1v) is 9.43. The fourth-order valence-corrected chi connectivity index (χ4v) is 3.93. The number of amides is 1. The molecule has 2 heterocycles. The predicted molar refractivity (Wildman–Crippen MR) is 110 cm³/mol. The number of nitrogens with one attached hydrogen (secondary N) is 1. The molecule has 3 rings (SSSR count). The molecule has 1 saturated carbocycles. The summed E-state index contributed by atoms with van der Waals surface area (Å²) >= 11 is 0. The molecular weight excluding hydrogens is 431 g/mol. The van der Waals surface area contributed by atoms with E-state index < -0.39 is 0 Å². The van der Waals surface area contributed by atoms with Gasteiger partial charge in [0, 0.05) is 40.3 Å². The van der Waals surface area contributed by atoms with Crippen molar-refractivity contribution in [3.05, 3.63) is 0 Å². The Morgan fingerprint density at radius 1 is 1.28 bits per heavy atom. The van der Waals surface area contributed by atoms with Crippen LogP contribution in [0, 0.1) is 5.41 Å². The molecule has 0 aromatic rings. The monoisotopic (exact) mass is 464 g/mol. The van der Waals surface area contributed by atoms with Crippen molar-refractivity contribution < 1.29 is 9.53 Å². The van der Waals surface area contributed by atoms with Crippen LogP contribution in [0.5, 0.6) is 0 Å². The Morgan fingerprint density at radius 3 is 2.64 bits per heavy atom. The van der Waals surface area contributed by atoms with Gasteiger partial charge in [-0.05, 0) is 43.9 Å². The van der Waals surface area contributed by atoms with Crippen molar-refractivity contribution >= 4 is 35.8 Å². The topological polar surface area (TPSA) is 57.2 Å². The minimum Gasteiger partial charge on any atom is -0.376 e. The van der Waals surface area contributed by atoms with Crippen LogP contribution in [0.15, 0.2) is 4.99 Å². The predicted octanol–water partition coefficient (Wildman–Crippen LogP) is 2.08. The summed E-state index contributed by atoms with van der Waals surface area (Å²) < 4.78 is 5.82. The maximum atomic E-state index is 11.9. The average molecular weight is 464 g/mol. The van der Waals surface area contributed by atoms with E-state index in [0.29, 0.717) is 5.41 Å². The Morgan fingerprint density at radius 2 is 2.08 bits per heavy atom. The zero-order valence-corrected chi connectivity index (χ0v) is 18.0. The van der Waals surface area contributed by atoms with Crippen LogP contribution in [-0.2, 0) is 9.53 Å². The van der Waals surface area contributed by atoms with Crippen LogP contribution in [0.2, 0.25) is 0 Å². The number of likely N-dealkylation sites (tertiary alicyclic amines) is 1. The molecule has 1 aliphatic carbocycles. The molecule has 0 aromatic carbocycles. The van der Waals surface area contributed by atoms with Crippen LogP contribution in [0.25, 0.3) is 0 Å². The fraction of sp³-hybridized carbons (Fsp3) is 0.889. The molecule has 2 saturated heterocycles. The summed E-state index contributed by atoms with van der Waals surface area (Å²) in [7, 11) is 3.56. The van der Waals surface area contributed by atoms with Gasteiger partial charge in [-0.3, -0.25) is 4.79 Å². The molecule has 0 aromatic heterocycles. The Bertz CT molecular complexity index is 474. The SMILES string of the molecule is CN(C)C(=O)CN=C(NCC1CCCCO1)N1CCC2(CCC2)C1.I. The van der Waals surface area contributed by atoms with Crippen LogP contribution >= 0.6 is 24.0 Å². The van der Waals surface area contributed by atoms with Gasteiger partial charge in [0.25, 0.3) is 0 Å². The lowest BCUT2D eigenvalue weighted by atomic mass is 9.68. The Balaban J connectivity index is 0.00000225. The van der Waals surface area contributed by atoms with Gasteiger partial charge in [-0.1, -0.05) is 6.42 Å². The summed E-state index contributed by atoms with van der Waals surface area (Å²) in [6, 6.07) is 0. The molecule has 3 aliphatic rings. The molecule has 1 N–H and O–H groups in total. The van der Waals surface area contributed by atoms with Gasteiger partial charge in [0.1, 0.15) is 6.54 Å². The van der Waals surface area contributed by atoms with Crippen LogP contribution < -0.4 is 5.32 Å².